The number of esters is 1. The molecule has 0 saturated heterocycles. The van der Waals surface area contributed by atoms with Gasteiger partial charge in [0.05, 0.1) is 19.1 Å². The van der Waals surface area contributed by atoms with Crippen LogP contribution in [0.25, 0.3) is 0 Å². The van der Waals surface area contributed by atoms with Gasteiger partial charge in [0, 0.05) is 0 Å². The lowest BCUT2D eigenvalue weighted by atomic mass is 10.0. The number of ether oxygens (including phenoxy) is 1. The normalized spacial score (nSPS) is 13.5. The third-order valence-corrected chi connectivity index (χ3v) is 10.6. The fourth-order valence-corrected chi connectivity index (χ4v) is 4.63. The van der Waals surface area contributed by atoms with Crippen molar-refractivity contribution in [3.05, 3.63) is 0 Å². The van der Waals surface area contributed by atoms with Crippen molar-refractivity contribution in [3.8, 4) is 0 Å². The molecule has 0 aliphatic heterocycles. The fraction of sp³-hybridized carbons (Fsp3) is 0.958. The van der Waals surface area contributed by atoms with Crippen LogP contribution in [0.1, 0.15) is 118 Å². The van der Waals surface area contributed by atoms with E-state index >= 15 is 0 Å². The Morgan fingerprint density at radius 3 is 1.71 bits per heavy atom. The van der Waals surface area contributed by atoms with Gasteiger partial charge in [-0.2, -0.15) is 0 Å². The minimum atomic E-state index is -1.87. The topological polar surface area (TPSA) is 35.5 Å². The van der Waals surface area contributed by atoms with E-state index in [2.05, 4.69) is 40.8 Å². The third-order valence-electron chi connectivity index (χ3n) is 6.10. The summed E-state index contributed by atoms with van der Waals surface area (Å²) in [4.78, 5) is 12.0. The van der Waals surface area contributed by atoms with Crippen molar-refractivity contribution in [2.45, 2.75) is 142 Å². The molecule has 0 saturated carbocycles. The molecule has 28 heavy (non-hydrogen) atoms. The first-order valence-corrected chi connectivity index (χ1v) is 14.9. The van der Waals surface area contributed by atoms with Crippen LogP contribution in [0.15, 0.2) is 0 Å². The van der Waals surface area contributed by atoms with Crippen LogP contribution in [0.2, 0.25) is 18.1 Å². The van der Waals surface area contributed by atoms with E-state index in [1.54, 1.807) is 0 Å². The summed E-state index contributed by atoms with van der Waals surface area (Å²) in [5, 5.41) is 0.164. The molecule has 168 valence electrons. The molecule has 0 fully saturated rings. The minimum absolute atomic E-state index is 0.0125. The van der Waals surface area contributed by atoms with Gasteiger partial charge in [-0.15, -0.1) is 0 Å². The molecule has 0 heterocycles. The van der Waals surface area contributed by atoms with Crippen molar-refractivity contribution in [3.63, 3.8) is 0 Å². The standard InChI is InChI=1S/C24H50O3Si/c1-8-10-11-12-13-14-15-16-17-18-19-20-22(21-23(25)26-9-2)27-28(6,7)24(3,4)5/h22H,8-21H2,1-7H3/t22-/m1/s1. The van der Waals surface area contributed by atoms with E-state index in [1.807, 2.05) is 6.92 Å². The van der Waals surface area contributed by atoms with E-state index in [-0.39, 0.29) is 17.1 Å². The molecule has 3 nitrogen and oxygen atoms in total. The Morgan fingerprint density at radius 1 is 0.821 bits per heavy atom. The average Bonchev–Trinajstić information content (AvgIpc) is 2.58. The van der Waals surface area contributed by atoms with Crippen molar-refractivity contribution in [2.75, 3.05) is 6.61 Å². The van der Waals surface area contributed by atoms with E-state index in [1.165, 1.54) is 64.2 Å². The van der Waals surface area contributed by atoms with Gasteiger partial charge in [0.1, 0.15) is 0 Å². The van der Waals surface area contributed by atoms with E-state index in [0.29, 0.717) is 13.0 Å². The smallest absolute Gasteiger partial charge is 0.308 e. The highest BCUT2D eigenvalue weighted by atomic mass is 28.4. The quantitative estimate of drug-likeness (QED) is 0.137. The minimum Gasteiger partial charge on any atom is -0.466 e. The Morgan fingerprint density at radius 2 is 1.29 bits per heavy atom. The summed E-state index contributed by atoms with van der Waals surface area (Å²) in [5.41, 5.74) is 0. The summed E-state index contributed by atoms with van der Waals surface area (Å²) in [6.45, 7) is 15.9. The summed E-state index contributed by atoms with van der Waals surface area (Å²) < 4.78 is 11.7. The van der Waals surface area contributed by atoms with Crippen molar-refractivity contribution >= 4 is 14.3 Å². The maximum atomic E-state index is 12.0. The van der Waals surface area contributed by atoms with Crippen LogP contribution in [0, 0.1) is 0 Å². The number of carbonyl (C=O) groups is 1. The molecule has 0 N–H and O–H groups in total. The highest BCUT2D eigenvalue weighted by Crippen LogP contribution is 2.38. The van der Waals surface area contributed by atoms with Gasteiger partial charge in [0.15, 0.2) is 8.32 Å². The maximum Gasteiger partial charge on any atom is 0.308 e. The number of unbranched alkanes of at least 4 members (excludes halogenated alkanes) is 10. The van der Waals surface area contributed by atoms with E-state index in [9.17, 15) is 4.79 Å². The molecular formula is C24H50O3Si. The highest BCUT2D eigenvalue weighted by molar-refractivity contribution is 6.74. The van der Waals surface area contributed by atoms with Crippen molar-refractivity contribution in [1.82, 2.24) is 0 Å². The van der Waals surface area contributed by atoms with Gasteiger partial charge < -0.3 is 9.16 Å². The number of hydrogen-bond acceptors (Lipinski definition) is 3. The molecule has 0 bridgehead atoms. The summed E-state index contributed by atoms with van der Waals surface area (Å²) >= 11 is 0. The predicted molar refractivity (Wildman–Crippen MR) is 124 cm³/mol. The van der Waals surface area contributed by atoms with Gasteiger partial charge in [-0.05, 0) is 31.5 Å². The first-order valence-electron chi connectivity index (χ1n) is 12.0. The second-order valence-electron chi connectivity index (χ2n) is 9.83. The molecule has 0 aromatic heterocycles. The molecule has 1 atom stereocenters. The zero-order valence-corrected chi connectivity index (χ0v) is 21.2. The monoisotopic (exact) mass is 414 g/mol. The lowest BCUT2D eigenvalue weighted by molar-refractivity contribution is -0.145. The zero-order valence-electron chi connectivity index (χ0n) is 20.2. The van der Waals surface area contributed by atoms with Crippen molar-refractivity contribution < 1.29 is 14.0 Å². The Kier molecular flexibility index (Phi) is 15.3. The van der Waals surface area contributed by atoms with Gasteiger partial charge >= 0.3 is 5.97 Å². The van der Waals surface area contributed by atoms with Crippen LogP contribution in [0.4, 0.5) is 0 Å². The van der Waals surface area contributed by atoms with Gasteiger partial charge in [0.2, 0.25) is 0 Å². The van der Waals surface area contributed by atoms with Crippen molar-refractivity contribution in [2.24, 2.45) is 0 Å². The van der Waals surface area contributed by atoms with Crippen LogP contribution in [-0.4, -0.2) is 27.0 Å². The zero-order chi connectivity index (χ0) is 21.5. The number of rotatable bonds is 17. The molecular weight excluding hydrogens is 364 g/mol. The summed E-state index contributed by atoms with van der Waals surface area (Å²) in [7, 11) is -1.87. The second-order valence-corrected chi connectivity index (χ2v) is 14.6. The number of hydrogen-bond donors (Lipinski definition) is 0. The van der Waals surface area contributed by atoms with Gasteiger partial charge in [-0.3, -0.25) is 4.79 Å². The molecule has 0 radical (unpaired) electrons. The Labute approximate surface area is 177 Å². The molecule has 0 aliphatic carbocycles. The largest absolute Gasteiger partial charge is 0.466 e. The molecule has 0 aromatic carbocycles. The van der Waals surface area contributed by atoms with Crippen LogP contribution in [-0.2, 0) is 14.0 Å². The molecule has 0 aromatic rings. The first kappa shape index (κ1) is 27.6. The fourth-order valence-electron chi connectivity index (χ4n) is 3.24. The van der Waals surface area contributed by atoms with Gasteiger partial charge in [-0.25, -0.2) is 0 Å². The summed E-state index contributed by atoms with van der Waals surface area (Å²) in [6, 6.07) is 0. The Balaban J connectivity index is 4.13. The molecule has 0 spiro atoms. The van der Waals surface area contributed by atoms with Crippen LogP contribution in [0.3, 0.4) is 0 Å². The highest BCUT2D eigenvalue weighted by Gasteiger charge is 2.39. The second kappa shape index (κ2) is 15.5. The van der Waals surface area contributed by atoms with Gasteiger partial charge in [-0.1, -0.05) is 98.3 Å². The Bertz CT molecular complexity index is 388. The SMILES string of the molecule is CCCCCCCCCCCCC[C@H](CC(=O)OCC)O[Si](C)(C)C(C)(C)C. The van der Waals surface area contributed by atoms with E-state index in [4.69, 9.17) is 9.16 Å². The molecule has 0 aliphatic rings. The van der Waals surface area contributed by atoms with Crippen LogP contribution in [0.5, 0.6) is 0 Å². The van der Waals surface area contributed by atoms with E-state index in [0.717, 1.165) is 12.8 Å². The van der Waals surface area contributed by atoms with E-state index < -0.39 is 8.32 Å². The molecule has 0 rings (SSSR count). The molecule has 4 heteroatoms. The van der Waals surface area contributed by atoms with Gasteiger partial charge in [0.25, 0.3) is 0 Å². The lowest BCUT2D eigenvalue weighted by Crippen LogP contribution is -2.44. The molecule has 0 unspecified atom stereocenters. The summed E-state index contributed by atoms with van der Waals surface area (Å²) in [6.07, 6.45) is 16.1. The van der Waals surface area contributed by atoms with Crippen molar-refractivity contribution in [1.29, 1.82) is 0 Å². The molecule has 0 amide bonds. The van der Waals surface area contributed by atoms with Crippen LogP contribution < -0.4 is 0 Å². The first-order chi connectivity index (χ1) is 13.1. The lowest BCUT2D eigenvalue weighted by Gasteiger charge is -2.39. The average molecular weight is 415 g/mol. The third kappa shape index (κ3) is 13.8. The Hall–Kier alpha value is -0.353. The number of carbonyl (C=O) groups excluding carboxylic acids is 1. The van der Waals surface area contributed by atoms with Crippen LogP contribution >= 0.6 is 0 Å². The summed E-state index contributed by atoms with van der Waals surface area (Å²) in [5.74, 6) is -0.116. The predicted octanol–water partition coefficient (Wildman–Crippen LogP) is 8.03. The maximum absolute atomic E-state index is 12.0.